The predicted octanol–water partition coefficient (Wildman–Crippen LogP) is 2.62. The fraction of sp³-hybridized carbons (Fsp3) is 0.529. The van der Waals surface area contributed by atoms with E-state index in [4.69, 9.17) is 0 Å². The second-order valence-electron chi connectivity index (χ2n) is 5.86. The Balaban J connectivity index is 2.37. The summed E-state index contributed by atoms with van der Waals surface area (Å²) in [5, 5.41) is 6.39. The molecule has 0 unspecified atom stereocenters. The lowest BCUT2D eigenvalue weighted by atomic mass is 10.2. The van der Waals surface area contributed by atoms with Crippen LogP contribution >= 0.6 is 15.9 Å². The number of hydrogen-bond donors (Lipinski definition) is 2. The van der Waals surface area contributed by atoms with E-state index >= 15 is 0 Å². The van der Waals surface area contributed by atoms with Gasteiger partial charge in [0.25, 0.3) is 0 Å². The van der Waals surface area contributed by atoms with Crippen LogP contribution in [0, 0.1) is 5.92 Å². The molecule has 0 aliphatic heterocycles. The number of carbonyl (C=O) groups is 1. The van der Waals surface area contributed by atoms with Crippen molar-refractivity contribution in [2.24, 2.45) is 10.9 Å². The third-order valence-corrected chi connectivity index (χ3v) is 4.10. The molecule has 128 valence electrons. The Morgan fingerprint density at radius 3 is 2.61 bits per heavy atom. The van der Waals surface area contributed by atoms with Crippen LogP contribution in [0.15, 0.2) is 33.7 Å². The first-order valence-electron chi connectivity index (χ1n) is 7.86. The molecular weight excluding hydrogens is 356 g/mol. The summed E-state index contributed by atoms with van der Waals surface area (Å²) < 4.78 is 1.02. The summed E-state index contributed by atoms with van der Waals surface area (Å²) in [5.41, 5.74) is 1.10. The second kappa shape index (κ2) is 10.3. The molecule has 0 fully saturated rings. The molecule has 0 aliphatic rings. The van der Waals surface area contributed by atoms with Crippen molar-refractivity contribution in [3.63, 3.8) is 0 Å². The second-order valence-corrected chi connectivity index (χ2v) is 6.72. The molecule has 0 spiro atoms. The van der Waals surface area contributed by atoms with Gasteiger partial charge in [-0.1, -0.05) is 48.0 Å². The number of rotatable bonds is 7. The molecule has 1 rings (SSSR count). The van der Waals surface area contributed by atoms with Gasteiger partial charge in [-0.05, 0) is 17.5 Å². The Hall–Kier alpha value is -1.56. The molecular formula is C17H27BrN4O. The minimum absolute atomic E-state index is 0.104. The molecule has 0 radical (unpaired) electrons. The minimum atomic E-state index is 0.104. The number of halogens is 1. The molecule has 5 nitrogen and oxygen atoms in total. The maximum absolute atomic E-state index is 12.2. The number of amides is 1. The zero-order valence-corrected chi connectivity index (χ0v) is 16.0. The van der Waals surface area contributed by atoms with Gasteiger partial charge < -0.3 is 15.5 Å². The highest BCUT2D eigenvalue weighted by molar-refractivity contribution is 9.10. The lowest BCUT2D eigenvalue weighted by Crippen LogP contribution is -2.40. The fourth-order valence-electron chi connectivity index (χ4n) is 1.97. The number of guanidine groups is 1. The van der Waals surface area contributed by atoms with E-state index in [1.165, 1.54) is 0 Å². The van der Waals surface area contributed by atoms with Crippen LogP contribution in [0.1, 0.15) is 25.8 Å². The minimum Gasteiger partial charge on any atom is -0.356 e. The van der Waals surface area contributed by atoms with Crippen molar-refractivity contribution < 1.29 is 4.79 Å². The van der Waals surface area contributed by atoms with Crippen LogP contribution in [-0.4, -0.2) is 44.0 Å². The molecule has 1 aromatic carbocycles. The molecule has 23 heavy (non-hydrogen) atoms. The van der Waals surface area contributed by atoms with Crippen LogP contribution < -0.4 is 10.6 Å². The van der Waals surface area contributed by atoms with E-state index in [9.17, 15) is 4.79 Å². The van der Waals surface area contributed by atoms with E-state index < -0.39 is 0 Å². The summed E-state index contributed by atoms with van der Waals surface area (Å²) in [4.78, 5) is 18.1. The Kier molecular flexibility index (Phi) is 8.69. The fourth-order valence-corrected chi connectivity index (χ4v) is 2.38. The molecule has 0 aliphatic carbocycles. The van der Waals surface area contributed by atoms with E-state index in [1.54, 1.807) is 11.9 Å². The number of aliphatic imine (C=N–C) groups is 1. The first-order valence-corrected chi connectivity index (χ1v) is 8.65. The maximum Gasteiger partial charge on any atom is 0.224 e. The zero-order valence-electron chi connectivity index (χ0n) is 14.4. The SMILES string of the molecule is CN=C(NCCC(=O)N(C)Cc1ccccc1Br)NCC(C)C. The quantitative estimate of drug-likeness (QED) is 0.562. The van der Waals surface area contributed by atoms with Gasteiger partial charge in [-0.2, -0.15) is 0 Å². The summed E-state index contributed by atoms with van der Waals surface area (Å²) >= 11 is 3.51. The average molecular weight is 383 g/mol. The van der Waals surface area contributed by atoms with E-state index in [0.29, 0.717) is 25.4 Å². The molecule has 1 aromatic rings. The Bertz CT molecular complexity index is 531. The Labute approximate surface area is 147 Å². The number of hydrogen-bond acceptors (Lipinski definition) is 2. The van der Waals surface area contributed by atoms with Crippen molar-refractivity contribution in [2.45, 2.75) is 26.8 Å². The van der Waals surface area contributed by atoms with E-state index in [-0.39, 0.29) is 5.91 Å². The first kappa shape index (κ1) is 19.5. The molecule has 0 aromatic heterocycles. The van der Waals surface area contributed by atoms with Gasteiger partial charge in [0.05, 0.1) is 0 Å². The lowest BCUT2D eigenvalue weighted by Gasteiger charge is -2.19. The highest BCUT2D eigenvalue weighted by Gasteiger charge is 2.11. The van der Waals surface area contributed by atoms with Crippen LogP contribution in [0.4, 0.5) is 0 Å². The smallest absolute Gasteiger partial charge is 0.224 e. The predicted molar refractivity (Wildman–Crippen MR) is 99.4 cm³/mol. The number of benzene rings is 1. The summed E-state index contributed by atoms with van der Waals surface area (Å²) in [6.45, 7) is 6.30. The van der Waals surface area contributed by atoms with Gasteiger partial charge in [-0.25, -0.2) is 0 Å². The third kappa shape index (κ3) is 7.50. The normalized spacial score (nSPS) is 11.5. The Morgan fingerprint density at radius 1 is 1.30 bits per heavy atom. The van der Waals surface area contributed by atoms with Crippen LogP contribution in [0.5, 0.6) is 0 Å². The molecule has 0 saturated carbocycles. The van der Waals surface area contributed by atoms with Gasteiger partial charge in [-0.15, -0.1) is 0 Å². The molecule has 6 heteroatoms. The summed E-state index contributed by atoms with van der Waals surface area (Å²) in [5.74, 6) is 1.39. The lowest BCUT2D eigenvalue weighted by molar-refractivity contribution is -0.130. The monoisotopic (exact) mass is 382 g/mol. The van der Waals surface area contributed by atoms with Crippen molar-refractivity contribution in [3.05, 3.63) is 34.3 Å². The molecule has 0 bridgehead atoms. The van der Waals surface area contributed by atoms with Crippen molar-refractivity contribution >= 4 is 27.8 Å². The highest BCUT2D eigenvalue weighted by Crippen LogP contribution is 2.17. The number of nitrogens with zero attached hydrogens (tertiary/aromatic N) is 2. The zero-order chi connectivity index (χ0) is 17.2. The highest BCUT2D eigenvalue weighted by atomic mass is 79.9. The van der Waals surface area contributed by atoms with Crippen LogP contribution in [0.25, 0.3) is 0 Å². The van der Waals surface area contributed by atoms with E-state index in [0.717, 1.165) is 22.5 Å². The standard InChI is InChI=1S/C17H27BrN4O/c1-13(2)11-21-17(19-3)20-10-9-16(23)22(4)12-14-7-5-6-8-15(14)18/h5-8,13H,9-12H2,1-4H3,(H2,19,20,21). The van der Waals surface area contributed by atoms with Crippen LogP contribution in [0.3, 0.4) is 0 Å². The van der Waals surface area contributed by atoms with Gasteiger partial charge in [0.15, 0.2) is 5.96 Å². The molecule has 0 saturated heterocycles. The van der Waals surface area contributed by atoms with Crippen molar-refractivity contribution in [1.29, 1.82) is 0 Å². The third-order valence-electron chi connectivity index (χ3n) is 3.32. The van der Waals surface area contributed by atoms with Gasteiger partial charge >= 0.3 is 0 Å². The van der Waals surface area contributed by atoms with Gasteiger partial charge in [0, 0.05) is 44.6 Å². The number of nitrogens with one attached hydrogen (secondary N) is 2. The van der Waals surface area contributed by atoms with Gasteiger partial charge in [0.2, 0.25) is 5.91 Å². The molecule has 0 heterocycles. The average Bonchev–Trinajstić information content (AvgIpc) is 2.52. The van der Waals surface area contributed by atoms with Crippen LogP contribution in [-0.2, 0) is 11.3 Å². The van der Waals surface area contributed by atoms with Crippen LogP contribution in [0.2, 0.25) is 0 Å². The summed E-state index contributed by atoms with van der Waals surface area (Å²) in [6, 6.07) is 7.95. The topological polar surface area (TPSA) is 56.7 Å². The van der Waals surface area contributed by atoms with E-state index in [1.807, 2.05) is 31.3 Å². The maximum atomic E-state index is 12.2. The molecule has 1 amide bonds. The summed E-state index contributed by atoms with van der Waals surface area (Å²) in [6.07, 6.45) is 0.434. The van der Waals surface area contributed by atoms with E-state index in [2.05, 4.69) is 45.4 Å². The van der Waals surface area contributed by atoms with Crippen molar-refractivity contribution in [1.82, 2.24) is 15.5 Å². The van der Waals surface area contributed by atoms with Crippen molar-refractivity contribution in [2.75, 3.05) is 27.2 Å². The first-order chi connectivity index (χ1) is 10.9. The van der Waals surface area contributed by atoms with Gasteiger partial charge in [-0.3, -0.25) is 9.79 Å². The Morgan fingerprint density at radius 2 is 2.00 bits per heavy atom. The summed E-state index contributed by atoms with van der Waals surface area (Å²) in [7, 11) is 3.56. The number of carbonyl (C=O) groups excluding carboxylic acids is 1. The molecule has 0 atom stereocenters. The van der Waals surface area contributed by atoms with Crippen molar-refractivity contribution in [3.8, 4) is 0 Å². The van der Waals surface area contributed by atoms with Gasteiger partial charge in [0.1, 0.15) is 0 Å². The molecule has 2 N–H and O–H groups in total. The largest absolute Gasteiger partial charge is 0.356 e.